The van der Waals surface area contributed by atoms with Crippen molar-refractivity contribution in [2.45, 2.75) is 25.4 Å². The highest BCUT2D eigenvalue weighted by atomic mass is 32.1. The Kier molecular flexibility index (Phi) is 5.24. The highest BCUT2D eigenvalue weighted by molar-refractivity contribution is 7.09. The fourth-order valence-electron chi connectivity index (χ4n) is 1.31. The second kappa shape index (κ2) is 6.69. The van der Waals surface area contributed by atoms with Gasteiger partial charge in [0, 0.05) is 11.6 Å². The van der Waals surface area contributed by atoms with Crippen LogP contribution in [0.25, 0.3) is 0 Å². The van der Waals surface area contributed by atoms with Gasteiger partial charge >= 0.3 is 12.0 Å². The smallest absolute Gasteiger partial charge is 0.326 e. The summed E-state index contributed by atoms with van der Waals surface area (Å²) in [7, 11) is 0. The topological polar surface area (TPSA) is 134 Å². The summed E-state index contributed by atoms with van der Waals surface area (Å²) in [6.45, 7) is 1.71. The summed E-state index contributed by atoms with van der Waals surface area (Å²) < 4.78 is 0. The number of nitrogens with one attached hydrogen (secondary N) is 2. The molecule has 0 bridgehead atoms. The minimum Gasteiger partial charge on any atom is -0.480 e. The van der Waals surface area contributed by atoms with Gasteiger partial charge in [0.05, 0.1) is 12.5 Å². The molecule has 1 aromatic heterocycles. The van der Waals surface area contributed by atoms with Crippen molar-refractivity contribution in [2.75, 3.05) is 0 Å². The van der Waals surface area contributed by atoms with Crippen LogP contribution in [-0.4, -0.2) is 34.0 Å². The van der Waals surface area contributed by atoms with Crippen LogP contribution in [0.1, 0.15) is 24.4 Å². The number of carboxylic acids is 1. The van der Waals surface area contributed by atoms with E-state index in [1.54, 1.807) is 18.5 Å². The average molecular weight is 286 g/mol. The maximum Gasteiger partial charge on any atom is 0.326 e. The highest BCUT2D eigenvalue weighted by Crippen LogP contribution is 2.14. The summed E-state index contributed by atoms with van der Waals surface area (Å²) in [6, 6.07) is -2.40. The van der Waals surface area contributed by atoms with Gasteiger partial charge in [0.2, 0.25) is 5.91 Å². The molecule has 1 aromatic rings. The summed E-state index contributed by atoms with van der Waals surface area (Å²) in [5.74, 6) is -2.13. The Morgan fingerprint density at radius 2 is 2.16 bits per heavy atom. The monoisotopic (exact) mass is 286 g/mol. The number of urea groups is 1. The first-order chi connectivity index (χ1) is 8.90. The van der Waals surface area contributed by atoms with Crippen LogP contribution in [0.2, 0.25) is 0 Å². The first-order valence-electron chi connectivity index (χ1n) is 5.37. The predicted octanol–water partition coefficient (Wildman–Crippen LogP) is -0.168. The Labute approximate surface area is 113 Å². The SMILES string of the molecule is CC(NC(=O)N[C@@H](CC(N)=O)C(=O)O)c1nccs1. The number of nitrogens with two attached hydrogens (primary N) is 1. The molecule has 8 nitrogen and oxygen atoms in total. The Balaban J connectivity index is 2.53. The zero-order valence-corrected chi connectivity index (χ0v) is 10.9. The van der Waals surface area contributed by atoms with E-state index in [1.165, 1.54) is 11.3 Å². The molecule has 104 valence electrons. The molecule has 5 N–H and O–H groups in total. The molecule has 1 rings (SSSR count). The van der Waals surface area contributed by atoms with Crippen molar-refractivity contribution in [2.24, 2.45) is 5.73 Å². The van der Waals surface area contributed by atoms with E-state index in [9.17, 15) is 14.4 Å². The third-order valence-electron chi connectivity index (χ3n) is 2.18. The summed E-state index contributed by atoms with van der Waals surface area (Å²) in [4.78, 5) is 37.1. The van der Waals surface area contributed by atoms with Crippen molar-refractivity contribution in [3.63, 3.8) is 0 Å². The zero-order valence-electron chi connectivity index (χ0n) is 10.1. The number of hydrogen-bond donors (Lipinski definition) is 4. The zero-order chi connectivity index (χ0) is 14.4. The molecule has 0 saturated heterocycles. The first-order valence-corrected chi connectivity index (χ1v) is 6.25. The predicted molar refractivity (Wildman–Crippen MR) is 67.4 cm³/mol. The molecule has 1 heterocycles. The van der Waals surface area contributed by atoms with Gasteiger partial charge in [0.15, 0.2) is 0 Å². The molecule has 0 radical (unpaired) electrons. The Hall–Kier alpha value is -2.16. The van der Waals surface area contributed by atoms with E-state index in [2.05, 4.69) is 15.6 Å². The van der Waals surface area contributed by atoms with Crippen LogP contribution >= 0.6 is 11.3 Å². The number of rotatable bonds is 6. The molecule has 0 aliphatic carbocycles. The van der Waals surface area contributed by atoms with Gasteiger partial charge in [0.1, 0.15) is 11.0 Å². The molecular weight excluding hydrogens is 272 g/mol. The molecular formula is C10H14N4O4S. The molecule has 3 amide bonds. The molecule has 19 heavy (non-hydrogen) atoms. The molecule has 0 aliphatic rings. The second-order valence-corrected chi connectivity index (χ2v) is 4.70. The van der Waals surface area contributed by atoms with Gasteiger partial charge in [-0.15, -0.1) is 11.3 Å². The Bertz CT molecular complexity index is 462. The lowest BCUT2D eigenvalue weighted by Crippen LogP contribution is -2.48. The fraction of sp³-hybridized carbons (Fsp3) is 0.400. The van der Waals surface area contributed by atoms with Crippen molar-refractivity contribution in [3.05, 3.63) is 16.6 Å². The summed E-state index contributed by atoms with van der Waals surface area (Å²) in [6.07, 6.45) is 1.14. The number of nitrogens with zero attached hydrogens (tertiary/aromatic N) is 1. The molecule has 0 aliphatic heterocycles. The average Bonchev–Trinajstić information content (AvgIpc) is 2.80. The van der Waals surface area contributed by atoms with E-state index in [1.807, 2.05) is 0 Å². The van der Waals surface area contributed by atoms with Crippen LogP contribution in [-0.2, 0) is 9.59 Å². The Morgan fingerprint density at radius 1 is 1.47 bits per heavy atom. The van der Waals surface area contributed by atoms with Gasteiger partial charge < -0.3 is 21.5 Å². The fourth-order valence-corrected chi connectivity index (χ4v) is 1.95. The van der Waals surface area contributed by atoms with Crippen molar-refractivity contribution in [1.29, 1.82) is 0 Å². The number of carboxylic acid groups (broad SMARTS) is 1. The lowest BCUT2D eigenvalue weighted by Gasteiger charge is -2.16. The molecule has 2 atom stereocenters. The highest BCUT2D eigenvalue weighted by Gasteiger charge is 2.23. The number of amides is 3. The number of thiazole rings is 1. The number of carbonyl (C=O) groups is 3. The summed E-state index contributed by atoms with van der Waals surface area (Å²) >= 11 is 1.36. The molecule has 1 unspecified atom stereocenters. The number of carbonyl (C=O) groups excluding carboxylic acids is 2. The largest absolute Gasteiger partial charge is 0.480 e. The Morgan fingerprint density at radius 3 is 2.63 bits per heavy atom. The molecule has 0 fully saturated rings. The van der Waals surface area contributed by atoms with E-state index in [4.69, 9.17) is 10.8 Å². The lowest BCUT2D eigenvalue weighted by molar-refractivity contribution is -0.140. The standard InChI is InChI=1S/C10H14N4O4S/c1-5(8-12-2-3-19-8)13-10(18)14-6(9(16)17)4-7(11)15/h2-3,5-6H,4H2,1H3,(H2,11,15)(H,16,17)(H2,13,14,18)/t5?,6-/m0/s1. The van der Waals surface area contributed by atoms with Crippen molar-refractivity contribution in [3.8, 4) is 0 Å². The van der Waals surface area contributed by atoms with Crippen LogP contribution in [0.4, 0.5) is 4.79 Å². The van der Waals surface area contributed by atoms with Gasteiger partial charge in [0.25, 0.3) is 0 Å². The van der Waals surface area contributed by atoms with E-state index in [0.717, 1.165) is 0 Å². The maximum absolute atomic E-state index is 11.6. The summed E-state index contributed by atoms with van der Waals surface area (Å²) in [5.41, 5.74) is 4.90. The van der Waals surface area contributed by atoms with Gasteiger partial charge in [-0.05, 0) is 6.92 Å². The van der Waals surface area contributed by atoms with Crippen molar-refractivity contribution >= 4 is 29.2 Å². The van der Waals surface area contributed by atoms with Gasteiger partial charge in [-0.25, -0.2) is 14.6 Å². The number of hydrogen-bond acceptors (Lipinski definition) is 5. The quantitative estimate of drug-likeness (QED) is 0.576. The van der Waals surface area contributed by atoms with Crippen LogP contribution in [0.3, 0.4) is 0 Å². The van der Waals surface area contributed by atoms with Crippen molar-refractivity contribution in [1.82, 2.24) is 15.6 Å². The van der Waals surface area contributed by atoms with E-state index < -0.39 is 30.4 Å². The molecule has 0 aromatic carbocycles. The third kappa shape index (κ3) is 4.92. The second-order valence-electron chi connectivity index (χ2n) is 3.77. The van der Waals surface area contributed by atoms with Crippen molar-refractivity contribution < 1.29 is 19.5 Å². The van der Waals surface area contributed by atoms with Gasteiger partial charge in [-0.2, -0.15) is 0 Å². The molecule has 0 saturated carbocycles. The van der Waals surface area contributed by atoms with Crippen LogP contribution < -0.4 is 16.4 Å². The number of primary amides is 1. The van der Waals surface area contributed by atoms with Gasteiger partial charge in [-0.3, -0.25) is 4.79 Å². The summed E-state index contributed by atoms with van der Waals surface area (Å²) in [5, 5.41) is 16.0. The van der Waals surface area contributed by atoms with Crippen LogP contribution in [0, 0.1) is 0 Å². The van der Waals surface area contributed by atoms with Crippen LogP contribution in [0.5, 0.6) is 0 Å². The van der Waals surface area contributed by atoms with E-state index in [0.29, 0.717) is 5.01 Å². The van der Waals surface area contributed by atoms with Gasteiger partial charge in [-0.1, -0.05) is 0 Å². The molecule has 9 heteroatoms. The van der Waals surface area contributed by atoms with Crippen LogP contribution in [0.15, 0.2) is 11.6 Å². The maximum atomic E-state index is 11.6. The minimum atomic E-state index is -1.35. The minimum absolute atomic E-state index is 0.358. The number of aromatic nitrogens is 1. The van der Waals surface area contributed by atoms with E-state index in [-0.39, 0.29) is 6.04 Å². The number of aliphatic carboxylic acids is 1. The normalized spacial score (nSPS) is 13.3. The van der Waals surface area contributed by atoms with E-state index >= 15 is 0 Å². The third-order valence-corrected chi connectivity index (χ3v) is 3.14. The molecule has 0 spiro atoms. The first kappa shape index (κ1) is 14.9. The lowest BCUT2D eigenvalue weighted by atomic mass is 10.2.